The molecule has 1 N–H and O–H groups in total. The molecule has 6 nitrogen and oxygen atoms in total. The molecule has 1 aliphatic heterocycles. The Morgan fingerprint density at radius 3 is 2.31 bits per heavy atom. The Bertz CT molecular complexity index is 776. The maximum Gasteiger partial charge on any atom is 0.416 e. The Kier molecular flexibility index (Phi) is 5.17. The molecular formula is C16H15ClF3N5O. The number of rotatable bonds is 2. The Balaban J connectivity index is 1.55. The van der Waals surface area contributed by atoms with E-state index in [4.69, 9.17) is 11.6 Å². The van der Waals surface area contributed by atoms with Crippen molar-refractivity contribution >= 4 is 29.1 Å². The largest absolute Gasteiger partial charge is 0.416 e. The molecule has 1 fully saturated rings. The number of carbonyl (C=O) groups is 1. The van der Waals surface area contributed by atoms with Crippen LogP contribution in [0.25, 0.3) is 0 Å². The predicted octanol–water partition coefficient (Wildman–Crippen LogP) is 3.50. The van der Waals surface area contributed by atoms with Gasteiger partial charge in [-0.1, -0.05) is 0 Å². The quantitative estimate of drug-likeness (QED) is 0.804. The lowest BCUT2D eigenvalue weighted by Crippen LogP contribution is -2.50. The summed E-state index contributed by atoms with van der Waals surface area (Å²) in [6, 6.07) is 5.73. The smallest absolute Gasteiger partial charge is 0.353 e. The highest BCUT2D eigenvalue weighted by Crippen LogP contribution is 2.29. The zero-order valence-corrected chi connectivity index (χ0v) is 14.3. The predicted molar refractivity (Wildman–Crippen MR) is 91.3 cm³/mol. The Morgan fingerprint density at radius 2 is 1.73 bits per heavy atom. The number of piperazine rings is 1. The van der Waals surface area contributed by atoms with Crippen LogP contribution in [-0.2, 0) is 6.18 Å². The highest BCUT2D eigenvalue weighted by molar-refractivity contribution is 6.28. The maximum absolute atomic E-state index is 12.6. The summed E-state index contributed by atoms with van der Waals surface area (Å²) in [4.78, 5) is 23.8. The average Bonchev–Trinajstić information content (AvgIpc) is 2.61. The molecule has 0 unspecified atom stereocenters. The second-order valence-electron chi connectivity index (χ2n) is 5.66. The minimum absolute atomic E-state index is 0.157. The van der Waals surface area contributed by atoms with Crippen LogP contribution in [0.5, 0.6) is 0 Å². The molecule has 1 saturated heterocycles. The van der Waals surface area contributed by atoms with Crippen LogP contribution in [0.1, 0.15) is 5.56 Å². The number of urea groups is 1. The fourth-order valence-electron chi connectivity index (χ4n) is 2.59. The van der Waals surface area contributed by atoms with Crippen LogP contribution in [0.2, 0.25) is 5.28 Å². The second kappa shape index (κ2) is 7.36. The van der Waals surface area contributed by atoms with Gasteiger partial charge in [0.05, 0.1) is 5.56 Å². The standard InChI is InChI=1S/C16H15ClF3N5O/c17-14-21-6-5-13(23-14)24-7-9-25(10-8-24)15(26)22-12-3-1-11(2-4-12)16(18,19)20/h1-6H,7-10H2,(H,22,26). The first-order valence-electron chi connectivity index (χ1n) is 7.79. The van der Waals surface area contributed by atoms with Crippen molar-refractivity contribution in [1.29, 1.82) is 0 Å². The van der Waals surface area contributed by atoms with E-state index < -0.39 is 11.7 Å². The molecule has 2 heterocycles. The van der Waals surface area contributed by atoms with Gasteiger partial charge in [-0.2, -0.15) is 13.2 Å². The molecule has 1 aromatic carbocycles. The molecule has 0 radical (unpaired) electrons. The first-order valence-corrected chi connectivity index (χ1v) is 8.17. The number of nitrogens with zero attached hydrogens (tertiary/aromatic N) is 4. The lowest BCUT2D eigenvalue weighted by Gasteiger charge is -2.35. The lowest BCUT2D eigenvalue weighted by molar-refractivity contribution is -0.137. The molecule has 2 aromatic rings. The van der Waals surface area contributed by atoms with E-state index in [-0.39, 0.29) is 11.3 Å². The average molecular weight is 386 g/mol. The van der Waals surface area contributed by atoms with E-state index in [9.17, 15) is 18.0 Å². The normalized spacial score (nSPS) is 15.1. The van der Waals surface area contributed by atoms with E-state index in [0.29, 0.717) is 37.7 Å². The van der Waals surface area contributed by atoms with Crippen LogP contribution in [0.15, 0.2) is 36.5 Å². The van der Waals surface area contributed by atoms with Gasteiger partial charge in [0.25, 0.3) is 0 Å². The van der Waals surface area contributed by atoms with Crippen molar-refractivity contribution in [2.45, 2.75) is 6.18 Å². The van der Waals surface area contributed by atoms with Gasteiger partial charge in [0.2, 0.25) is 5.28 Å². The van der Waals surface area contributed by atoms with Crippen LogP contribution in [0.4, 0.5) is 29.5 Å². The van der Waals surface area contributed by atoms with E-state index in [1.165, 1.54) is 12.1 Å². The van der Waals surface area contributed by atoms with Crippen molar-refractivity contribution in [3.8, 4) is 0 Å². The molecule has 26 heavy (non-hydrogen) atoms. The third-order valence-electron chi connectivity index (χ3n) is 3.97. The summed E-state index contributed by atoms with van der Waals surface area (Å²) in [7, 11) is 0. The van der Waals surface area contributed by atoms with Gasteiger partial charge in [0.15, 0.2) is 0 Å². The Hall–Kier alpha value is -2.55. The first-order chi connectivity index (χ1) is 12.3. The molecule has 0 aliphatic carbocycles. The molecule has 1 aromatic heterocycles. The van der Waals surface area contributed by atoms with E-state index in [0.717, 1.165) is 12.1 Å². The van der Waals surface area contributed by atoms with E-state index in [1.807, 2.05) is 4.90 Å². The monoisotopic (exact) mass is 385 g/mol. The molecule has 0 atom stereocenters. The van der Waals surface area contributed by atoms with Crippen LogP contribution in [0, 0.1) is 0 Å². The van der Waals surface area contributed by atoms with Gasteiger partial charge in [-0.25, -0.2) is 14.8 Å². The van der Waals surface area contributed by atoms with Crippen LogP contribution >= 0.6 is 11.6 Å². The number of hydrogen-bond donors (Lipinski definition) is 1. The van der Waals surface area contributed by atoms with E-state index in [2.05, 4.69) is 15.3 Å². The van der Waals surface area contributed by atoms with Crippen molar-refractivity contribution in [2.24, 2.45) is 0 Å². The maximum atomic E-state index is 12.6. The topological polar surface area (TPSA) is 61.4 Å². The number of alkyl halides is 3. The molecular weight excluding hydrogens is 371 g/mol. The number of nitrogens with one attached hydrogen (secondary N) is 1. The SMILES string of the molecule is O=C(Nc1ccc(C(F)(F)F)cc1)N1CCN(c2ccnc(Cl)n2)CC1. The molecule has 1 aliphatic rings. The van der Waals surface area contributed by atoms with Gasteiger partial charge >= 0.3 is 12.2 Å². The van der Waals surface area contributed by atoms with Gasteiger partial charge in [-0.3, -0.25) is 0 Å². The molecule has 3 rings (SSSR count). The highest BCUT2D eigenvalue weighted by atomic mass is 35.5. The first kappa shape index (κ1) is 18.2. The number of aromatic nitrogens is 2. The summed E-state index contributed by atoms with van der Waals surface area (Å²) in [5, 5.41) is 2.77. The molecule has 138 valence electrons. The van der Waals surface area contributed by atoms with Crippen molar-refractivity contribution in [3.63, 3.8) is 0 Å². The zero-order chi connectivity index (χ0) is 18.7. The summed E-state index contributed by atoms with van der Waals surface area (Å²) in [5.74, 6) is 0.688. The number of hydrogen-bond acceptors (Lipinski definition) is 4. The molecule has 2 amide bonds. The van der Waals surface area contributed by atoms with Gasteiger partial charge in [-0.05, 0) is 41.9 Å². The number of anilines is 2. The van der Waals surface area contributed by atoms with Gasteiger partial charge in [-0.15, -0.1) is 0 Å². The minimum atomic E-state index is -4.40. The van der Waals surface area contributed by atoms with Crippen LogP contribution in [0.3, 0.4) is 0 Å². The molecule has 10 heteroatoms. The zero-order valence-electron chi connectivity index (χ0n) is 13.5. The van der Waals surface area contributed by atoms with Crippen molar-refractivity contribution < 1.29 is 18.0 Å². The van der Waals surface area contributed by atoms with Crippen molar-refractivity contribution in [1.82, 2.24) is 14.9 Å². The van der Waals surface area contributed by atoms with E-state index in [1.54, 1.807) is 17.2 Å². The third kappa shape index (κ3) is 4.34. The van der Waals surface area contributed by atoms with Crippen molar-refractivity contribution in [2.75, 3.05) is 36.4 Å². The van der Waals surface area contributed by atoms with Crippen molar-refractivity contribution in [3.05, 3.63) is 47.4 Å². The third-order valence-corrected chi connectivity index (χ3v) is 4.15. The molecule has 0 spiro atoms. The number of benzene rings is 1. The summed E-state index contributed by atoms with van der Waals surface area (Å²) < 4.78 is 37.7. The highest BCUT2D eigenvalue weighted by Gasteiger charge is 2.30. The summed E-state index contributed by atoms with van der Waals surface area (Å²) in [6.07, 6.45) is -2.84. The second-order valence-corrected chi connectivity index (χ2v) is 6.00. The van der Waals surface area contributed by atoms with E-state index >= 15 is 0 Å². The summed E-state index contributed by atoms with van der Waals surface area (Å²) in [6.45, 7) is 2.03. The fourth-order valence-corrected chi connectivity index (χ4v) is 2.73. The summed E-state index contributed by atoms with van der Waals surface area (Å²) >= 11 is 5.78. The fraction of sp³-hybridized carbons (Fsp3) is 0.312. The molecule has 0 saturated carbocycles. The Labute approximate surface area is 152 Å². The minimum Gasteiger partial charge on any atom is -0.353 e. The van der Waals surface area contributed by atoms with Gasteiger partial charge in [0.1, 0.15) is 5.82 Å². The van der Waals surface area contributed by atoms with Gasteiger partial charge < -0.3 is 15.1 Å². The number of amides is 2. The summed E-state index contributed by atoms with van der Waals surface area (Å²) in [5.41, 5.74) is -0.444. The Morgan fingerprint density at radius 1 is 1.08 bits per heavy atom. The van der Waals surface area contributed by atoms with Crippen LogP contribution < -0.4 is 10.2 Å². The lowest BCUT2D eigenvalue weighted by atomic mass is 10.2. The number of halogens is 4. The van der Waals surface area contributed by atoms with Crippen LogP contribution in [-0.4, -0.2) is 47.1 Å². The molecule has 0 bridgehead atoms. The van der Waals surface area contributed by atoms with Gasteiger partial charge in [0, 0.05) is 38.1 Å². The number of carbonyl (C=O) groups excluding carboxylic acids is 1.